The Morgan fingerprint density at radius 3 is 2.60 bits per heavy atom. The summed E-state index contributed by atoms with van der Waals surface area (Å²) in [5.74, 6) is -0.574. The summed E-state index contributed by atoms with van der Waals surface area (Å²) in [6.45, 7) is 1.24. The van der Waals surface area contributed by atoms with Crippen LogP contribution in [0.25, 0.3) is 0 Å². The lowest BCUT2D eigenvalue weighted by atomic mass is 10.2. The van der Waals surface area contributed by atoms with Gasteiger partial charge in [-0.25, -0.2) is 0 Å². The molecule has 0 saturated heterocycles. The number of methoxy groups -OCH3 is 2. The maximum absolute atomic E-state index is 11.5. The SMILES string of the molecule is COCCCNC(=O)C(=O)NCc1cccc(OC)c1. The highest BCUT2D eigenvalue weighted by Gasteiger charge is 2.12. The smallest absolute Gasteiger partial charge is 0.309 e. The van der Waals surface area contributed by atoms with Gasteiger partial charge in [0, 0.05) is 26.8 Å². The van der Waals surface area contributed by atoms with Crippen molar-refractivity contribution >= 4 is 11.8 Å². The van der Waals surface area contributed by atoms with Crippen molar-refractivity contribution in [3.63, 3.8) is 0 Å². The third-order valence-corrected chi connectivity index (χ3v) is 2.60. The molecule has 6 heteroatoms. The second-order valence-electron chi connectivity index (χ2n) is 4.14. The number of carbonyl (C=O) groups is 2. The summed E-state index contributed by atoms with van der Waals surface area (Å²) in [5.41, 5.74) is 0.866. The predicted octanol–water partition coefficient (Wildman–Crippen LogP) is 0.464. The summed E-state index contributed by atoms with van der Waals surface area (Å²) in [7, 11) is 3.16. The number of hydrogen-bond acceptors (Lipinski definition) is 4. The van der Waals surface area contributed by atoms with Crippen molar-refractivity contribution in [2.24, 2.45) is 0 Å². The zero-order valence-corrected chi connectivity index (χ0v) is 11.8. The first kappa shape index (κ1) is 16.0. The van der Waals surface area contributed by atoms with Crippen LogP contribution in [0.3, 0.4) is 0 Å². The van der Waals surface area contributed by atoms with E-state index in [0.717, 1.165) is 5.56 Å². The Balaban J connectivity index is 2.32. The minimum atomic E-state index is -0.648. The van der Waals surface area contributed by atoms with Gasteiger partial charge in [0.15, 0.2) is 0 Å². The minimum absolute atomic E-state index is 0.279. The molecule has 0 atom stereocenters. The lowest BCUT2D eigenvalue weighted by Gasteiger charge is -2.07. The molecule has 110 valence electrons. The van der Waals surface area contributed by atoms with Gasteiger partial charge < -0.3 is 20.1 Å². The van der Waals surface area contributed by atoms with Crippen molar-refractivity contribution in [1.29, 1.82) is 0 Å². The molecule has 0 bridgehead atoms. The number of benzene rings is 1. The van der Waals surface area contributed by atoms with Crippen molar-refractivity contribution in [2.45, 2.75) is 13.0 Å². The van der Waals surface area contributed by atoms with E-state index < -0.39 is 11.8 Å². The molecule has 20 heavy (non-hydrogen) atoms. The third kappa shape index (κ3) is 5.71. The second kappa shape index (κ2) is 8.92. The number of hydrogen-bond donors (Lipinski definition) is 2. The first-order chi connectivity index (χ1) is 9.67. The molecule has 0 aliphatic heterocycles. The molecular weight excluding hydrogens is 260 g/mol. The summed E-state index contributed by atoms with van der Waals surface area (Å²) >= 11 is 0. The van der Waals surface area contributed by atoms with E-state index >= 15 is 0 Å². The molecule has 2 N–H and O–H groups in total. The van der Waals surface area contributed by atoms with Gasteiger partial charge in [0.25, 0.3) is 0 Å². The van der Waals surface area contributed by atoms with Crippen molar-refractivity contribution in [3.8, 4) is 5.75 Å². The summed E-state index contributed by atoms with van der Waals surface area (Å²) < 4.78 is 9.93. The Hall–Kier alpha value is -2.08. The van der Waals surface area contributed by atoms with Crippen LogP contribution in [0.2, 0.25) is 0 Å². The van der Waals surface area contributed by atoms with E-state index in [0.29, 0.717) is 25.3 Å². The van der Waals surface area contributed by atoms with Gasteiger partial charge in [-0.05, 0) is 24.1 Å². The number of amides is 2. The van der Waals surface area contributed by atoms with E-state index in [9.17, 15) is 9.59 Å². The van der Waals surface area contributed by atoms with Gasteiger partial charge in [0.2, 0.25) is 0 Å². The molecule has 0 aromatic heterocycles. The molecular formula is C14H20N2O4. The van der Waals surface area contributed by atoms with Crippen LogP contribution in [0.5, 0.6) is 5.75 Å². The Kier molecular flexibility index (Phi) is 7.13. The molecule has 2 amide bonds. The van der Waals surface area contributed by atoms with Crippen LogP contribution in [0.1, 0.15) is 12.0 Å². The molecule has 1 aromatic carbocycles. The van der Waals surface area contributed by atoms with Gasteiger partial charge in [-0.2, -0.15) is 0 Å². The average molecular weight is 280 g/mol. The van der Waals surface area contributed by atoms with Gasteiger partial charge in [0.05, 0.1) is 7.11 Å². The van der Waals surface area contributed by atoms with Crippen LogP contribution in [0.4, 0.5) is 0 Å². The van der Waals surface area contributed by atoms with Crippen molar-refractivity contribution in [3.05, 3.63) is 29.8 Å². The third-order valence-electron chi connectivity index (χ3n) is 2.60. The summed E-state index contributed by atoms with van der Waals surface area (Å²) in [5, 5.41) is 5.07. The van der Waals surface area contributed by atoms with E-state index in [4.69, 9.17) is 9.47 Å². The first-order valence-corrected chi connectivity index (χ1v) is 6.35. The summed E-state index contributed by atoms with van der Waals surface area (Å²) in [6.07, 6.45) is 0.672. The second-order valence-corrected chi connectivity index (χ2v) is 4.14. The molecule has 0 fully saturated rings. The first-order valence-electron chi connectivity index (χ1n) is 6.35. The standard InChI is InChI=1S/C14H20N2O4/c1-19-8-4-7-15-13(17)14(18)16-10-11-5-3-6-12(9-11)20-2/h3,5-6,9H,4,7-8,10H2,1-2H3,(H,15,17)(H,16,18). The number of rotatable bonds is 7. The highest BCUT2D eigenvalue weighted by molar-refractivity contribution is 6.35. The zero-order chi connectivity index (χ0) is 14.8. The van der Waals surface area contributed by atoms with E-state index in [-0.39, 0.29) is 6.54 Å². The van der Waals surface area contributed by atoms with Gasteiger partial charge in [-0.1, -0.05) is 12.1 Å². The lowest BCUT2D eigenvalue weighted by molar-refractivity contribution is -0.139. The fraction of sp³-hybridized carbons (Fsp3) is 0.429. The Bertz CT molecular complexity index is 449. The number of carbonyl (C=O) groups excluding carboxylic acids is 2. The fourth-order valence-electron chi connectivity index (χ4n) is 1.54. The van der Waals surface area contributed by atoms with Crippen LogP contribution in [-0.2, 0) is 20.9 Å². The van der Waals surface area contributed by atoms with Crippen LogP contribution < -0.4 is 15.4 Å². The molecule has 0 radical (unpaired) electrons. The van der Waals surface area contributed by atoms with Gasteiger partial charge >= 0.3 is 11.8 Å². The van der Waals surface area contributed by atoms with Gasteiger partial charge in [-0.15, -0.1) is 0 Å². The average Bonchev–Trinajstić information content (AvgIpc) is 2.49. The Morgan fingerprint density at radius 2 is 1.90 bits per heavy atom. The largest absolute Gasteiger partial charge is 0.497 e. The topological polar surface area (TPSA) is 76.7 Å². The summed E-state index contributed by atoms with van der Waals surface area (Å²) in [6, 6.07) is 7.29. The van der Waals surface area contributed by atoms with Crippen molar-refractivity contribution < 1.29 is 19.1 Å². The monoisotopic (exact) mass is 280 g/mol. The molecule has 0 heterocycles. The molecule has 0 unspecified atom stereocenters. The molecule has 1 aromatic rings. The lowest BCUT2D eigenvalue weighted by Crippen LogP contribution is -2.40. The predicted molar refractivity (Wildman–Crippen MR) is 74.3 cm³/mol. The fourth-order valence-corrected chi connectivity index (χ4v) is 1.54. The molecule has 6 nitrogen and oxygen atoms in total. The van der Waals surface area contributed by atoms with E-state index in [1.54, 1.807) is 20.3 Å². The van der Waals surface area contributed by atoms with Gasteiger partial charge in [0.1, 0.15) is 5.75 Å². The highest BCUT2D eigenvalue weighted by atomic mass is 16.5. The van der Waals surface area contributed by atoms with E-state index in [1.165, 1.54) is 0 Å². The van der Waals surface area contributed by atoms with Crippen LogP contribution in [-0.4, -0.2) is 39.2 Å². The van der Waals surface area contributed by atoms with Crippen LogP contribution in [0, 0.1) is 0 Å². The number of ether oxygens (including phenoxy) is 2. The molecule has 0 aliphatic rings. The van der Waals surface area contributed by atoms with Crippen LogP contribution in [0.15, 0.2) is 24.3 Å². The maximum atomic E-state index is 11.5. The maximum Gasteiger partial charge on any atom is 0.309 e. The Labute approximate surface area is 118 Å². The van der Waals surface area contributed by atoms with E-state index in [2.05, 4.69) is 10.6 Å². The highest BCUT2D eigenvalue weighted by Crippen LogP contribution is 2.11. The van der Waals surface area contributed by atoms with Crippen molar-refractivity contribution in [1.82, 2.24) is 10.6 Å². The molecule has 0 aliphatic carbocycles. The normalized spacial score (nSPS) is 9.90. The molecule has 0 saturated carbocycles. The van der Waals surface area contributed by atoms with E-state index in [1.807, 2.05) is 18.2 Å². The van der Waals surface area contributed by atoms with Crippen LogP contribution >= 0.6 is 0 Å². The zero-order valence-electron chi connectivity index (χ0n) is 11.8. The summed E-state index contributed by atoms with van der Waals surface area (Å²) in [4.78, 5) is 23.0. The molecule has 1 rings (SSSR count). The van der Waals surface area contributed by atoms with Crippen molar-refractivity contribution in [2.75, 3.05) is 27.4 Å². The van der Waals surface area contributed by atoms with Gasteiger partial charge in [-0.3, -0.25) is 9.59 Å². The quantitative estimate of drug-likeness (QED) is 0.562. The number of nitrogens with one attached hydrogen (secondary N) is 2. The Morgan fingerprint density at radius 1 is 1.15 bits per heavy atom. The minimum Gasteiger partial charge on any atom is -0.497 e. The molecule has 0 spiro atoms.